The first-order valence-corrected chi connectivity index (χ1v) is 12.9. The molecule has 1 saturated heterocycles. The standard InChI is InChI=1S/C28H26F4N8O2/c1-33-27-36-16-35-24(38-27)18-5-4-10-34-26(18)42-22-15-17(8-9-20(22)29)25(41)37-21-7-3-6-19(28(30,31)32)23(21)40-13-11-39(2)12-14-40/h3-10,15-16H,11-14H2,1-2H3,(H,37,41)(H,33,35,36,38). The lowest BCUT2D eigenvalue weighted by atomic mass is 10.1. The second-order valence-electron chi connectivity index (χ2n) is 9.43. The molecule has 4 aromatic rings. The summed E-state index contributed by atoms with van der Waals surface area (Å²) in [5.74, 6) is -1.37. The quantitative estimate of drug-likeness (QED) is 0.293. The Morgan fingerprint density at radius 2 is 1.79 bits per heavy atom. The van der Waals surface area contributed by atoms with Gasteiger partial charge in [-0.05, 0) is 49.5 Å². The third-order valence-corrected chi connectivity index (χ3v) is 6.62. The van der Waals surface area contributed by atoms with Crippen LogP contribution in [0.25, 0.3) is 11.4 Å². The number of likely N-dealkylation sites (N-methyl/N-ethyl adjacent to an activating group) is 1. The average Bonchev–Trinajstić information content (AvgIpc) is 2.98. The zero-order valence-corrected chi connectivity index (χ0v) is 22.6. The minimum absolute atomic E-state index is 0.00615. The molecule has 5 rings (SSSR count). The highest BCUT2D eigenvalue weighted by molar-refractivity contribution is 6.06. The molecule has 2 aromatic heterocycles. The topological polar surface area (TPSA) is 108 Å². The van der Waals surface area contributed by atoms with E-state index < -0.39 is 23.5 Å². The van der Waals surface area contributed by atoms with E-state index in [1.54, 1.807) is 24.1 Å². The summed E-state index contributed by atoms with van der Waals surface area (Å²) in [6.45, 7) is 1.83. The summed E-state index contributed by atoms with van der Waals surface area (Å²) in [6, 6.07) is 10.3. The van der Waals surface area contributed by atoms with Gasteiger partial charge in [-0.3, -0.25) is 4.79 Å². The number of nitrogens with zero attached hydrogens (tertiary/aromatic N) is 6. The SMILES string of the molecule is CNc1ncnc(-c2cccnc2Oc2cc(C(=O)Nc3cccc(C(F)(F)F)c3N3CCN(C)CC3)ccc2F)n1. The van der Waals surface area contributed by atoms with Crippen molar-refractivity contribution < 1.29 is 27.1 Å². The molecular formula is C28H26F4N8O2. The van der Waals surface area contributed by atoms with E-state index in [1.807, 2.05) is 11.9 Å². The summed E-state index contributed by atoms with van der Waals surface area (Å²) >= 11 is 0. The maximum atomic E-state index is 14.8. The van der Waals surface area contributed by atoms with Crippen molar-refractivity contribution in [2.45, 2.75) is 6.18 Å². The fourth-order valence-electron chi connectivity index (χ4n) is 4.45. The van der Waals surface area contributed by atoms with Gasteiger partial charge < -0.3 is 25.2 Å². The molecular weight excluding hydrogens is 556 g/mol. The number of amides is 1. The fraction of sp³-hybridized carbons (Fsp3) is 0.250. The number of anilines is 3. The first-order valence-electron chi connectivity index (χ1n) is 12.9. The van der Waals surface area contributed by atoms with Gasteiger partial charge in [0.05, 0.1) is 22.5 Å². The van der Waals surface area contributed by atoms with E-state index in [4.69, 9.17) is 4.74 Å². The Kier molecular flexibility index (Phi) is 8.15. The molecule has 0 saturated carbocycles. The number of hydrogen-bond donors (Lipinski definition) is 2. The average molecular weight is 583 g/mol. The highest BCUT2D eigenvalue weighted by atomic mass is 19.4. The molecule has 1 aliphatic heterocycles. The number of piperazine rings is 1. The molecule has 3 heterocycles. The number of carbonyl (C=O) groups excluding carboxylic acids is 1. The summed E-state index contributed by atoms with van der Waals surface area (Å²) in [6.07, 6.45) is -1.91. The molecule has 0 aliphatic carbocycles. The zero-order chi connectivity index (χ0) is 29.9. The smallest absolute Gasteiger partial charge is 0.418 e. The van der Waals surface area contributed by atoms with E-state index >= 15 is 0 Å². The van der Waals surface area contributed by atoms with Crippen LogP contribution in [-0.4, -0.2) is 71.0 Å². The molecule has 10 nitrogen and oxygen atoms in total. The van der Waals surface area contributed by atoms with Crippen molar-refractivity contribution in [3.63, 3.8) is 0 Å². The normalized spacial score (nSPS) is 14.0. The largest absolute Gasteiger partial charge is 0.435 e. The minimum atomic E-state index is -4.64. The van der Waals surface area contributed by atoms with E-state index in [0.29, 0.717) is 37.7 Å². The highest BCUT2D eigenvalue weighted by Gasteiger charge is 2.37. The summed E-state index contributed by atoms with van der Waals surface area (Å²) in [5.41, 5.74) is -0.667. The molecule has 1 fully saturated rings. The van der Waals surface area contributed by atoms with Crippen molar-refractivity contribution in [1.29, 1.82) is 0 Å². The number of benzene rings is 2. The molecule has 0 bridgehead atoms. The van der Waals surface area contributed by atoms with Crippen molar-refractivity contribution in [1.82, 2.24) is 24.8 Å². The van der Waals surface area contributed by atoms with Gasteiger partial charge in [-0.2, -0.15) is 18.2 Å². The Morgan fingerprint density at radius 1 is 1.00 bits per heavy atom. The van der Waals surface area contributed by atoms with Crippen molar-refractivity contribution >= 4 is 23.2 Å². The van der Waals surface area contributed by atoms with Gasteiger partial charge in [0.25, 0.3) is 5.91 Å². The van der Waals surface area contributed by atoms with Crippen molar-refractivity contribution in [3.8, 4) is 23.0 Å². The molecule has 0 spiro atoms. The Bertz CT molecular complexity index is 1590. The van der Waals surface area contributed by atoms with Crippen LogP contribution in [0, 0.1) is 5.82 Å². The van der Waals surface area contributed by atoms with Gasteiger partial charge >= 0.3 is 6.18 Å². The number of hydrogen-bond acceptors (Lipinski definition) is 9. The van der Waals surface area contributed by atoms with E-state index in [2.05, 4.69) is 30.6 Å². The summed E-state index contributed by atoms with van der Waals surface area (Å²) in [5, 5.41) is 5.38. The lowest BCUT2D eigenvalue weighted by molar-refractivity contribution is -0.137. The number of halogens is 4. The predicted molar refractivity (Wildman–Crippen MR) is 148 cm³/mol. The summed E-state index contributed by atoms with van der Waals surface area (Å²) in [7, 11) is 3.53. The Hall–Kier alpha value is -4.85. The van der Waals surface area contributed by atoms with Gasteiger partial charge in [0.2, 0.25) is 11.8 Å². The lowest BCUT2D eigenvalue weighted by Gasteiger charge is -2.36. The van der Waals surface area contributed by atoms with Gasteiger partial charge in [-0.25, -0.2) is 19.3 Å². The maximum Gasteiger partial charge on any atom is 0.418 e. The van der Waals surface area contributed by atoms with E-state index in [9.17, 15) is 22.4 Å². The van der Waals surface area contributed by atoms with Crippen molar-refractivity contribution in [3.05, 3.63) is 78.0 Å². The number of para-hydroxylation sites is 1. The predicted octanol–water partition coefficient (Wildman–Crippen LogP) is 4.93. The van der Waals surface area contributed by atoms with Crippen LogP contribution in [0.1, 0.15) is 15.9 Å². The van der Waals surface area contributed by atoms with Crippen molar-refractivity contribution in [2.75, 3.05) is 55.8 Å². The number of alkyl halides is 3. The molecule has 0 atom stereocenters. The van der Waals surface area contributed by atoms with Crippen LogP contribution < -0.4 is 20.3 Å². The third kappa shape index (κ3) is 6.22. The van der Waals surface area contributed by atoms with Gasteiger partial charge in [-0.15, -0.1) is 0 Å². The number of rotatable bonds is 7. The molecule has 14 heteroatoms. The minimum Gasteiger partial charge on any atom is -0.435 e. The molecule has 42 heavy (non-hydrogen) atoms. The lowest BCUT2D eigenvalue weighted by Crippen LogP contribution is -2.45. The molecule has 2 N–H and O–H groups in total. The van der Waals surface area contributed by atoms with Crippen LogP contribution in [0.4, 0.5) is 34.9 Å². The maximum absolute atomic E-state index is 14.8. The zero-order valence-electron chi connectivity index (χ0n) is 22.6. The van der Waals surface area contributed by atoms with Gasteiger partial charge in [0, 0.05) is 45.0 Å². The van der Waals surface area contributed by atoms with Gasteiger partial charge in [0.1, 0.15) is 6.33 Å². The fourth-order valence-corrected chi connectivity index (χ4v) is 4.45. The van der Waals surface area contributed by atoms with E-state index in [-0.39, 0.29) is 34.4 Å². The van der Waals surface area contributed by atoms with E-state index in [1.165, 1.54) is 30.7 Å². The molecule has 218 valence electrons. The van der Waals surface area contributed by atoms with E-state index in [0.717, 1.165) is 18.2 Å². The second-order valence-corrected chi connectivity index (χ2v) is 9.43. The third-order valence-electron chi connectivity index (χ3n) is 6.62. The summed E-state index contributed by atoms with van der Waals surface area (Å²) < 4.78 is 62.6. The Morgan fingerprint density at radius 3 is 2.52 bits per heavy atom. The number of ether oxygens (including phenoxy) is 1. The van der Waals surface area contributed by atoms with Crippen LogP contribution in [0.15, 0.2) is 61.1 Å². The number of pyridine rings is 1. The molecule has 1 aliphatic rings. The van der Waals surface area contributed by atoms with Crippen LogP contribution in [-0.2, 0) is 6.18 Å². The molecule has 2 aromatic carbocycles. The van der Waals surface area contributed by atoms with Crippen LogP contribution >= 0.6 is 0 Å². The van der Waals surface area contributed by atoms with Crippen LogP contribution in [0.3, 0.4) is 0 Å². The monoisotopic (exact) mass is 582 g/mol. The van der Waals surface area contributed by atoms with Gasteiger partial charge in [-0.1, -0.05) is 6.07 Å². The van der Waals surface area contributed by atoms with Crippen LogP contribution in [0.2, 0.25) is 0 Å². The molecule has 0 radical (unpaired) electrons. The Balaban J connectivity index is 1.44. The first-order chi connectivity index (χ1) is 20.1. The van der Waals surface area contributed by atoms with Gasteiger partial charge in [0.15, 0.2) is 17.4 Å². The molecule has 1 amide bonds. The first kappa shape index (κ1) is 28.7. The number of carbonyl (C=O) groups is 1. The summed E-state index contributed by atoms with van der Waals surface area (Å²) in [4.78, 5) is 33.4. The van der Waals surface area contributed by atoms with Crippen LogP contribution in [0.5, 0.6) is 11.6 Å². The highest BCUT2D eigenvalue weighted by Crippen LogP contribution is 2.41. The Labute approximate surface area is 238 Å². The van der Waals surface area contributed by atoms with Crippen molar-refractivity contribution in [2.24, 2.45) is 0 Å². The number of nitrogens with one attached hydrogen (secondary N) is 2. The molecule has 0 unspecified atom stereocenters. The number of aromatic nitrogens is 4. The second kappa shape index (κ2) is 11.9.